The molecule has 0 amide bonds. The van der Waals surface area contributed by atoms with Crippen LogP contribution in [-0.2, 0) is 10.8 Å². The van der Waals surface area contributed by atoms with Gasteiger partial charge in [0.15, 0.2) is 11.2 Å². The van der Waals surface area contributed by atoms with Crippen molar-refractivity contribution in [2.45, 2.75) is 38.5 Å². The van der Waals surface area contributed by atoms with Gasteiger partial charge in [-0.05, 0) is 224 Å². The van der Waals surface area contributed by atoms with Gasteiger partial charge in [-0.2, -0.15) is 0 Å². The summed E-state index contributed by atoms with van der Waals surface area (Å²) in [5.41, 5.74) is 29.8. The van der Waals surface area contributed by atoms with E-state index in [-0.39, 0.29) is 11.6 Å². The molecule has 1 heterocycles. The van der Waals surface area contributed by atoms with Gasteiger partial charge < -0.3 is 14.2 Å². The second kappa shape index (κ2) is 23.9. The first-order valence-corrected chi connectivity index (χ1v) is 33.8. The van der Waals surface area contributed by atoms with Crippen LogP contribution in [0.2, 0.25) is 0 Å². The highest BCUT2D eigenvalue weighted by Crippen LogP contribution is 2.61. The second-order valence-electron chi connectivity index (χ2n) is 26.5. The summed E-state index contributed by atoms with van der Waals surface area (Å²) >= 11 is 0. The van der Waals surface area contributed by atoms with Gasteiger partial charge in [0.05, 0.1) is 22.2 Å². The van der Waals surface area contributed by atoms with Gasteiger partial charge in [-0.15, -0.1) is 0 Å². The Morgan fingerprint density at radius 3 is 1.05 bits per heavy atom. The molecule has 0 saturated heterocycles. The van der Waals surface area contributed by atoms with Crippen molar-refractivity contribution in [1.29, 1.82) is 0 Å². The first-order valence-electron chi connectivity index (χ1n) is 33.8. The predicted octanol–water partition coefficient (Wildman–Crippen LogP) is 25.4. The third-order valence-corrected chi connectivity index (χ3v) is 20.9. The number of furan rings is 1. The van der Waals surface area contributed by atoms with Gasteiger partial charge in [-0.25, -0.2) is 8.78 Å². The number of rotatable bonds is 14. The molecule has 15 aromatic rings. The van der Waals surface area contributed by atoms with E-state index < -0.39 is 10.8 Å². The van der Waals surface area contributed by atoms with E-state index in [0.717, 1.165) is 112 Å². The number of nitrogens with zero attached hydrogens (tertiary/aromatic N) is 2. The van der Waals surface area contributed by atoms with E-state index in [1.807, 2.05) is 36.4 Å². The Hall–Kier alpha value is -12.2. The van der Waals surface area contributed by atoms with Gasteiger partial charge in [0.2, 0.25) is 0 Å². The Bertz CT molecular complexity index is 5360. The maximum atomic E-state index is 15.4. The molecule has 2 atom stereocenters. The minimum absolute atomic E-state index is 0.338. The molecule has 0 fully saturated rings. The average Bonchev–Trinajstić information content (AvgIpc) is 1.56. The molecule has 474 valence electrons. The van der Waals surface area contributed by atoms with Gasteiger partial charge in [-0.3, -0.25) is 0 Å². The van der Waals surface area contributed by atoms with Gasteiger partial charge in [0.25, 0.3) is 0 Å². The summed E-state index contributed by atoms with van der Waals surface area (Å²) in [6, 6.07) is 106. The Morgan fingerprint density at radius 2 is 0.667 bits per heavy atom. The SMILES string of the molecule is C=Cc1ccc(-c2ccc(C3(c4cc(C)ccc4C)c4ccccc4-c4ccc(N(c5ccc(F)cc5)c5cccc6c5oc5c(N(c7ccc(F)cc7)c7ccc8c(c7)C(c7ccc(-c9ccc(C=C)cc9)cc7)(c7cc(C)ccc7C)c7ccccc7-8)cccc56)cc43)cc2)cc1. The van der Waals surface area contributed by atoms with Gasteiger partial charge >= 0.3 is 0 Å². The van der Waals surface area contributed by atoms with E-state index in [1.54, 1.807) is 0 Å². The van der Waals surface area contributed by atoms with Crippen molar-refractivity contribution in [1.82, 2.24) is 0 Å². The molecule has 3 nitrogen and oxygen atoms in total. The summed E-state index contributed by atoms with van der Waals surface area (Å²) < 4.78 is 38.5. The highest BCUT2D eigenvalue weighted by Gasteiger charge is 2.49. The molecule has 1 aromatic heterocycles. The summed E-state index contributed by atoms with van der Waals surface area (Å²) in [7, 11) is 0. The minimum Gasteiger partial charge on any atom is -0.452 e. The zero-order valence-corrected chi connectivity index (χ0v) is 55.5. The van der Waals surface area contributed by atoms with E-state index in [9.17, 15) is 0 Å². The van der Waals surface area contributed by atoms with Crippen molar-refractivity contribution < 1.29 is 13.2 Å². The number of aryl methyl sites for hydroxylation is 4. The zero-order chi connectivity index (χ0) is 67.3. The van der Waals surface area contributed by atoms with Crippen LogP contribution in [0, 0.1) is 39.3 Å². The van der Waals surface area contributed by atoms with Crippen molar-refractivity contribution in [3.8, 4) is 44.5 Å². The van der Waals surface area contributed by atoms with Gasteiger partial charge in [-0.1, -0.05) is 255 Å². The van der Waals surface area contributed by atoms with E-state index in [1.165, 1.54) is 79.9 Å². The van der Waals surface area contributed by atoms with Crippen LogP contribution >= 0.6 is 0 Å². The van der Waals surface area contributed by atoms with E-state index in [2.05, 4.69) is 305 Å². The number of benzene rings is 14. The Labute approximate surface area is 576 Å². The molecule has 0 aliphatic heterocycles. The molecule has 2 unspecified atom stereocenters. The van der Waals surface area contributed by atoms with Crippen LogP contribution in [0.5, 0.6) is 0 Å². The van der Waals surface area contributed by atoms with Crippen LogP contribution in [0.1, 0.15) is 77.9 Å². The van der Waals surface area contributed by atoms with E-state index >= 15 is 8.78 Å². The monoisotopic (exact) mass is 1280 g/mol. The van der Waals surface area contributed by atoms with Crippen LogP contribution < -0.4 is 9.80 Å². The van der Waals surface area contributed by atoms with Crippen molar-refractivity contribution in [3.63, 3.8) is 0 Å². The first-order chi connectivity index (χ1) is 48.4. The van der Waals surface area contributed by atoms with E-state index in [0.29, 0.717) is 11.2 Å². The fourth-order valence-electron chi connectivity index (χ4n) is 16.2. The Balaban J connectivity index is 0.862. The second-order valence-corrected chi connectivity index (χ2v) is 26.5. The molecular formula is C94H68F2N2O. The van der Waals surface area contributed by atoms with Gasteiger partial charge in [0, 0.05) is 33.5 Å². The number of anilines is 6. The number of halogens is 2. The van der Waals surface area contributed by atoms with Crippen molar-refractivity contribution in [2.24, 2.45) is 0 Å². The van der Waals surface area contributed by atoms with Crippen molar-refractivity contribution in [2.75, 3.05) is 9.80 Å². The number of fused-ring (bicyclic) bond motifs is 9. The van der Waals surface area contributed by atoms with Crippen molar-refractivity contribution in [3.05, 3.63) is 406 Å². The molecule has 2 aliphatic rings. The molecule has 0 spiro atoms. The topological polar surface area (TPSA) is 19.6 Å². The summed E-state index contributed by atoms with van der Waals surface area (Å²) in [6.07, 6.45) is 3.75. The summed E-state index contributed by atoms with van der Waals surface area (Å²) in [4.78, 5) is 4.43. The number of hydrogen-bond acceptors (Lipinski definition) is 3. The lowest BCUT2D eigenvalue weighted by molar-refractivity contribution is 0.627. The van der Waals surface area contributed by atoms with Crippen molar-refractivity contribution >= 4 is 68.2 Å². The molecular weight excluding hydrogens is 1210 g/mol. The molecule has 0 N–H and O–H groups in total. The quantitative estimate of drug-likeness (QED) is 0.108. The van der Waals surface area contributed by atoms with Gasteiger partial charge in [0.1, 0.15) is 11.6 Å². The molecule has 0 radical (unpaired) electrons. The Morgan fingerprint density at radius 1 is 0.313 bits per heavy atom. The maximum absolute atomic E-state index is 15.4. The zero-order valence-electron chi connectivity index (χ0n) is 55.5. The van der Waals surface area contributed by atoms with Crippen LogP contribution in [0.25, 0.3) is 78.6 Å². The largest absolute Gasteiger partial charge is 0.452 e. The maximum Gasteiger partial charge on any atom is 0.159 e. The third-order valence-electron chi connectivity index (χ3n) is 20.9. The molecule has 99 heavy (non-hydrogen) atoms. The fourth-order valence-corrected chi connectivity index (χ4v) is 16.2. The Kier molecular flexibility index (Phi) is 14.6. The van der Waals surface area contributed by atoms with Crippen LogP contribution in [0.15, 0.2) is 321 Å². The standard InChI is InChI=1S/C94H68F2N2O/c1-7-63-27-31-65(32-28-63)67-35-39-69(40-36-67)93(85-55-59(3)23-25-61(85)5)83-19-11-9-15-77(83)79-53-51-75(57-87(79)93)97(73-47-43-71(95)44-48-73)89-21-13-17-81-82-18-14-22-90(92(82)99-91(81)89)98(74-49-45-72(96)46-50-74)76-52-54-80-78-16-10-12-20-84(78)94(88(80)58-76,86-56-60(4)24-26-62(86)6)70-41-37-68(38-42-70)66-33-29-64(8-2)30-34-66/h7-58H,1-2H2,3-6H3. The summed E-state index contributed by atoms with van der Waals surface area (Å²) in [6.45, 7) is 16.8. The molecule has 5 heteroatoms. The van der Waals surface area contributed by atoms with Crippen LogP contribution in [-0.4, -0.2) is 0 Å². The predicted molar refractivity (Wildman–Crippen MR) is 408 cm³/mol. The first kappa shape index (κ1) is 60.5. The smallest absolute Gasteiger partial charge is 0.159 e. The average molecular weight is 1280 g/mol. The van der Waals surface area contributed by atoms with Crippen LogP contribution in [0.4, 0.5) is 42.9 Å². The summed E-state index contributed by atoms with van der Waals surface area (Å²) in [5.74, 6) is -0.676. The lowest BCUT2D eigenvalue weighted by Crippen LogP contribution is -2.30. The molecule has 0 saturated carbocycles. The molecule has 0 bridgehead atoms. The third kappa shape index (κ3) is 9.66. The fraction of sp³-hybridized carbons (Fsp3) is 0.0638. The number of para-hydroxylation sites is 2. The van der Waals surface area contributed by atoms with Crippen LogP contribution in [0.3, 0.4) is 0 Å². The molecule has 17 rings (SSSR count). The minimum atomic E-state index is -0.760. The highest BCUT2D eigenvalue weighted by molar-refractivity contribution is 6.14. The lowest BCUT2D eigenvalue weighted by atomic mass is 9.66. The highest BCUT2D eigenvalue weighted by atomic mass is 19.1. The number of hydrogen-bond donors (Lipinski definition) is 0. The molecule has 14 aromatic carbocycles. The normalized spacial score (nSPS) is 14.9. The molecule has 2 aliphatic carbocycles. The van der Waals surface area contributed by atoms with E-state index in [4.69, 9.17) is 4.42 Å². The lowest BCUT2D eigenvalue weighted by Gasteiger charge is -2.36. The summed E-state index contributed by atoms with van der Waals surface area (Å²) in [5, 5.41) is 1.79.